The molecule has 188 valence electrons. The van der Waals surface area contributed by atoms with Gasteiger partial charge in [-0.2, -0.15) is 0 Å². The number of allylic oxidation sites excluding steroid dienone is 3. The molecular formula is C29H48O4. The number of methoxy groups -OCH3 is 1. The van der Waals surface area contributed by atoms with Crippen molar-refractivity contribution in [2.24, 2.45) is 23.7 Å². The third-order valence-corrected chi connectivity index (χ3v) is 7.11. The Morgan fingerprint density at radius 2 is 1.76 bits per heavy atom. The second-order valence-corrected chi connectivity index (χ2v) is 10.3. The van der Waals surface area contributed by atoms with E-state index in [-0.39, 0.29) is 41.7 Å². The van der Waals surface area contributed by atoms with Gasteiger partial charge in [0.2, 0.25) is 0 Å². The van der Waals surface area contributed by atoms with Crippen molar-refractivity contribution in [1.82, 2.24) is 0 Å². The van der Waals surface area contributed by atoms with Crippen LogP contribution in [0.25, 0.3) is 0 Å². The van der Waals surface area contributed by atoms with E-state index < -0.39 is 0 Å². The number of rotatable bonds is 16. The van der Waals surface area contributed by atoms with Crippen LogP contribution in [0.1, 0.15) is 105 Å². The summed E-state index contributed by atoms with van der Waals surface area (Å²) in [5, 5.41) is 0. The summed E-state index contributed by atoms with van der Waals surface area (Å²) < 4.78 is 5.74. The van der Waals surface area contributed by atoms with Crippen LogP contribution in [0.2, 0.25) is 0 Å². The lowest BCUT2D eigenvalue weighted by atomic mass is 9.83. The van der Waals surface area contributed by atoms with Crippen LogP contribution in [0.4, 0.5) is 0 Å². The third kappa shape index (κ3) is 11.9. The Labute approximate surface area is 202 Å². The van der Waals surface area contributed by atoms with Gasteiger partial charge in [0.15, 0.2) is 0 Å². The molecule has 0 aliphatic heterocycles. The predicted molar refractivity (Wildman–Crippen MR) is 136 cm³/mol. The van der Waals surface area contributed by atoms with E-state index in [4.69, 9.17) is 4.74 Å². The van der Waals surface area contributed by atoms with E-state index in [1.807, 2.05) is 6.92 Å². The van der Waals surface area contributed by atoms with Crippen molar-refractivity contribution in [3.05, 3.63) is 23.8 Å². The second-order valence-electron chi connectivity index (χ2n) is 10.3. The second kappa shape index (κ2) is 16.1. The summed E-state index contributed by atoms with van der Waals surface area (Å²) in [5.41, 5.74) is 1.25. The lowest BCUT2D eigenvalue weighted by molar-refractivity contribution is -0.131. The molecule has 0 amide bonds. The molecule has 0 N–H and O–H groups in total. The van der Waals surface area contributed by atoms with Crippen molar-refractivity contribution in [3.8, 4) is 0 Å². The van der Waals surface area contributed by atoms with Gasteiger partial charge in [-0.3, -0.25) is 14.4 Å². The topological polar surface area (TPSA) is 60.4 Å². The minimum Gasteiger partial charge on any atom is -0.377 e. The fourth-order valence-corrected chi connectivity index (χ4v) is 4.87. The Morgan fingerprint density at radius 1 is 1.09 bits per heavy atom. The molecule has 0 radical (unpaired) electrons. The Kier molecular flexibility index (Phi) is 14.4. The highest BCUT2D eigenvalue weighted by molar-refractivity contribution is 6.01. The highest BCUT2D eigenvalue weighted by atomic mass is 16.5. The minimum absolute atomic E-state index is 0.00457. The molecule has 1 aliphatic rings. The first kappa shape index (κ1) is 29.5. The van der Waals surface area contributed by atoms with Crippen LogP contribution < -0.4 is 0 Å². The maximum Gasteiger partial charge on any atom is 0.140 e. The first-order valence-electron chi connectivity index (χ1n) is 13.1. The van der Waals surface area contributed by atoms with Crippen molar-refractivity contribution in [2.45, 2.75) is 111 Å². The Balaban J connectivity index is 2.45. The molecule has 4 heteroatoms. The van der Waals surface area contributed by atoms with Gasteiger partial charge in [0.05, 0.1) is 12.5 Å². The Morgan fingerprint density at radius 3 is 2.36 bits per heavy atom. The summed E-state index contributed by atoms with van der Waals surface area (Å²) in [5.74, 6) is 1.25. The van der Waals surface area contributed by atoms with Gasteiger partial charge < -0.3 is 4.74 Å². The van der Waals surface area contributed by atoms with E-state index in [1.165, 1.54) is 24.8 Å². The fourth-order valence-electron chi connectivity index (χ4n) is 4.87. The predicted octanol–water partition coefficient (Wildman–Crippen LogP) is 7.06. The lowest BCUT2D eigenvalue weighted by Crippen LogP contribution is -2.23. The third-order valence-electron chi connectivity index (χ3n) is 7.11. The molecule has 1 rings (SSSR count). The first-order valence-corrected chi connectivity index (χ1v) is 13.1. The highest BCUT2D eigenvalue weighted by Crippen LogP contribution is 2.26. The molecule has 1 fully saturated rings. The maximum absolute atomic E-state index is 12.6. The molecular weight excluding hydrogens is 412 g/mol. The van der Waals surface area contributed by atoms with E-state index in [2.05, 4.69) is 45.9 Å². The van der Waals surface area contributed by atoms with Gasteiger partial charge in [-0.25, -0.2) is 0 Å². The number of Topliss-reactive ketones (excluding diaryl/α,β-unsaturated/α-hetero) is 3. The zero-order chi connectivity index (χ0) is 24.8. The molecule has 0 saturated heterocycles. The first-order chi connectivity index (χ1) is 15.7. The zero-order valence-corrected chi connectivity index (χ0v) is 22.0. The van der Waals surface area contributed by atoms with Crippen LogP contribution in [0.5, 0.6) is 0 Å². The molecule has 4 atom stereocenters. The van der Waals surface area contributed by atoms with Crippen LogP contribution in [-0.4, -0.2) is 30.6 Å². The minimum atomic E-state index is -0.00457. The molecule has 0 bridgehead atoms. The monoisotopic (exact) mass is 460 g/mol. The summed E-state index contributed by atoms with van der Waals surface area (Å²) in [7, 11) is 1.78. The average Bonchev–Trinajstić information content (AvgIpc) is 2.74. The van der Waals surface area contributed by atoms with Crippen molar-refractivity contribution in [2.75, 3.05) is 7.11 Å². The molecule has 0 aromatic carbocycles. The molecule has 1 aliphatic carbocycles. The normalized spacial score (nSPS) is 19.6. The molecule has 4 nitrogen and oxygen atoms in total. The van der Waals surface area contributed by atoms with Crippen LogP contribution >= 0.6 is 0 Å². The standard InChI is InChI=1S/C29H48O4/c1-7-8-9-10-11-15-29(33-6)24(5)22(3)16-21(2)17-23(4)28(32)14-12-13-25-18-26(30)20-27(31)19-25/h11,15-16,22-25,29H,7-10,12-14,17-20H2,1-6H3/t22-,23+,24+,29+/m1/s1. The van der Waals surface area contributed by atoms with Gasteiger partial charge in [0.1, 0.15) is 17.3 Å². The Hall–Kier alpha value is -1.55. The average molecular weight is 461 g/mol. The summed E-state index contributed by atoms with van der Waals surface area (Å²) in [6.07, 6.45) is 15.7. The SMILES string of the molecule is CCCCCC=C[C@H](OC)[C@@H](C)[C@H](C)C=C(C)C[C@H](C)C(=O)CCCC1CC(=O)CC(=O)C1. The molecule has 0 spiro atoms. The molecule has 0 unspecified atom stereocenters. The summed E-state index contributed by atoms with van der Waals surface area (Å²) in [6, 6.07) is 0. The van der Waals surface area contributed by atoms with Gasteiger partial charge in [0.25, 0.3) is 0 Å². The smallest absolute Gasteiger partial charge is 0.140 e. The Bertz CT molecular complexity index is 659. The van der Waals surface area contributed by atoms with Crippen LogP contribution in [-0.2, 0) is 19.1 Å². The zero-order valence-electron chi connectivity index (χ0n) is 22.0. The molecule has 1 saturated carbocycles. The number of carbonyl (C=O) groups is 3. The van der Waals surface area contributed by atoms with E-state index >= 15 is 0 Å². The van der Waals surface area contributed by atoms with E-state index in [0.717, 1.165) is 25.7 Å². The number of unbranched alkanes of at least 4 members (excludes halogenated alkanes) is 3. The highest BCUT2D eigenvalue weighted by Gasteiger charge is 2.25. The molecule has 0 heterocycles. The largest absolute Gasteiger partial charge is 0.377 e. The number of ether oxygens (including phenoxy) is 1. The fraction of sp³-hybridized carbons (Fsp3) is 0.759. The van der Waals surface area contributed by atoms with E-state index in [0.29, 0.717) is 31.1 Å². The van der Waals surface area contributed by atoms with Crippen LogP contribution in [0, 0.1) is 23.7 Å². The quantitative estimate of drug-likeness (QED) is 0.140. The van der Waals surface area contributed by atoms with Crippen LogP contribution in [0.15, 0.2) is 23.8 Å². The molecule has 0 aromatic rings. The number of hydrogen-bond donors (Lipinski definition) is 0. The van der Waals surface area contributed by atoms with Crippen molar-refractivity contribution < 1.29 is 19.1 Å². The summed E-state index contributed by atoms with van der Waals surface area (Å²) >= 11 is 0. The molecule has 0 aromatic heterocycles. The van der Waals surface area contributed by atoms with Crippen LogP contribution in [0.3, 0.4) is 0 Å². The summed E-state index contributed by atoms with van der Waals surface area (Å²) in [4.78, 5) is 35.8. The van der Waals surface area contributed by atoms with E-state index in [9.17, 15) is 14.4 Å². The lowest BCUT2D eigenvalue weighted by Gasteiger charge is -2.25. The van der Waals surface area contributed by atoms with Crippen molar-refractivity contribution in [3.63, 3.8) is 0 Å². The number of carbonyl (C=O) groups excluding carboxylic acids is 3. The van der Waals surface area contributed by atoms with Gasteiger partial charge >= 0.3 is 0 Å². The van der Waals surface area contributed by atoms with Gasteiger partial charge in [-0.05, 0) is 56.8 Å². The van der Waals surface area contributed by atoms with Gasteiger partial charge in [0, 0.05) is 32.3 Å². The van der Waals surface area contributed by atoms with E-state index in [1.54, 1.807) is 7.11 Å². The number of ketones is 3. The summed E-state index contributed by atoms with van der Waals surface area (Å²) in [6.45, 7) is 10.8. The van der Waals surface area contributed by atoms with Gasteiger partial charge in [-0.15, -0.1) is 0 Å². The van der Waals surface area contributed by atoms with Crippen molar-refractivity contribution in [1.29, 1.82) is 0 Å². The number of hydrogen-bond acceptors (Lipinski definition) is 4. The van der Waals surface area contributed by atoms with Gasteiger partial charge in [-0.1, -0.05) is 64.3 Å². The van der Waals surface area contributed by atoms with Crippen molar-refractivity contribution >= 4 is 17.3 Å². The maximum atomic E-state index is 12.6. The molecule has 33 heavy (non-hydrogen) atoms.